The number of nitrogens with zero attached hydrogens (tertiary/aromatic N) is 2. The van der Waals surface area contributed by atoms with Crippen LogP contribution in [0.4, 0.5) is 0 Å². The van der Waals surface area contributed by atoms with Gasteiger partial charge in [-0.15, -0.1) is 0 Å². The highest BCUT2D eigenvalue weighted by molar-refractivity contribution is 7.99. The summed E-state index contributed by atoms with van der Waals surface area (Å²) >= 11 is 7.14. The molecule has 1 aromatic carbocycles. The molecule has 0 saturated carbocycles. The Kier molecular flexibility index (Phi) is 4.22. The fraction of sp³-hybridized carbons (Fsp3) is 0.182. The molecule has 0 aliphatic heterocycles. The smallest absolute Gasteiger partial charge is 0.304 e. The van der Waals surface area contributed by atoms with E-state index in [-0.39, 0.29) is 11.7 Å². The summed E-state index contributed by atoms with van der Waals surface area (Å²) in [6, 6.07) is 7.12. The van der Waals surface area contributed by atoms with Gasteiger partial charge in [-0.25, -0.2) is 4.98 Å². The number of carboxylic acid groups (broad SMARTS) is 1. The van der Waals surface area contributed by atoms with Crippen LogP contribution in [0.3, 0.4) is 0 Å². The van der Waals surface area contributed by atoms with Crippen LogP contribution in [0.5, 0.6) is 0 Å². The predicted molar refractivity (Wildman–Crippen MR) is 68.7 cm³/mol. The van der Waals surface area contributed by atoms with Crippen molar-refractivity contribution in [1.82, 2.24) is 15.2 Å². The molecule has 18 heavy (non-hydrogen) atoms. The van der Waals surface area contributed by atoms with Crippen molar-refractivity contribution in [1.29, 1.82) is 0 Å². The number of carbonyl (C=O) groups is 1. The van der Waals surface area contributed by atoms with Gasteiger partial charge in [0.15, 0.2) is 5.16 Å². The van der Waals surface area contributed by atoms with Crippen molar-refractivity contribution in [2.45, 2.75) is 16.8 Å². The van der Waals surface area contributed by atoms with Gasteiger partial charge in [-0.1, -0.05) is 35.5 Å². The van der Waals surface area contributed by atoms with Crippen LogP contribution in [0.2, 0.25) is 5.02 Å². The Balaban J connectivity index is 2.19. The molecule has 0 aliphatic rings. The largest absolute Gasteiger partial charge is 0.481 e. The Labute approximate surface area is 113 Å². The minimum Gasteiger partial charge on any atom is -0.481 e. The third kappa shape index (κ3) is 3.48. The van der Waals surface area contributed by atoms with E-state index in [9.17, 15) is 4.79 Å². The second kappa shape index (κ2) is 5.88. The molecule has 1 atom stereocenters. The molecule has 2 N–H and O–H groups in total. The van der Waals surface area contributed by atoms with Crippen molar-refractivity contribution in [3.63, 3.8) is 0 Å². The van der Waals surface area contributed by atoms with Crippen LogP contribution in [-0.2, 0) is 4.79 Å². The van der Waals surface area contributed by atoms with Crippen molar-refractivity contribution >= 4 is 29.3 Å². The molecule has 94 valence electrons. The number of hydrogen-bond donors (Lipinski definition) is 2. The van der Waals surface area contributed by atoms with Gasteiger partial charge < -0.3 is 5.11 Å². The van der Waals surface area contributed by atoms with Crippen molar-refractivity contribution < 1.29 is 9.90 Å². The molecule has 5 nitrogen and oxygen atoms in total. The number of nitrogens with one attached hydrogen (secondary N) is 1. The maximum Gasteiger partial charge on any atom is 0.304 e. The van der Waals surface area contributed by atoms with Crippen LogP contribution in [0.25, 0.3) is 0 Å². The number of aromatic amines is 1. The third-order valence-corrected chi connectivity index (χ3v) is 3.64. The van der Waals surface area contributed by atoms with Crippen LogP contribution in [0, 0.1) is 0 Å². The third-order valence-electron chi connectivity index (χ3n) is 2.25. The number of benzene rings is 1. The zero-order valence-corrected chi connectivity index (χ0v) is 10.8. The maximum absolute atomic E-state index is 10.9. The summed E-state index contributed by atoms with van der Waals surface area (Å²) in [5, 5.41) is 16.4. The fourth-order valence-electron chi connectivity index (χ4n) is 1.45. The Hall–Kier alpha value is -1.53. The summed E-state index contributed by atoms with van der Waals surface area (Å²) < 4.78 is 0. The number of H-pyrrole nitrogens is 1. The monoisotopic (exact) mass is 283 g/mol. The molecule has 0 saturated heterocycles. The molecule has 7 heteroatoms. The molecular weight excluding hydrogens is 274 g/mol. The van der Waals surface area contributed by atoms with Crippen molar-refractivity contribution in [3.05, 3.63) is 41.2 Å². The van der Waals surface area contributed by atoms with E-state index < -0.39 is 5.97 Å². The van der Waals surface area contributed by atoms with Gasteiger partial charge in [0.2, 0.25) is 0 Å². The molecule has 2 rings (SSSR count). The molecule has 0 fully saturated rings. The van der Waals surface area contributed by atoms with Gasteiger partial charge in [-0.2, -0.15) is 5.10 Å². The Morgan fingerprint density at radius 1 is 1.44 bits per heavy atom. The zero-order valence-electron chi connectivity index (χ0n) is 9.21. The molecule has 1 heterocycles. The SMILES string of the molecule is O=C(O)C[C@@H](Sc1ncn[nH]1)c1ccc(Cl)cc1. The minimum absolute atomic E-state index is 0.00694. The van der Waals surface area contributed by atoms with Gasteiger partial charge in [0.05, 0.1) is 6.42 Å². The second-order valence-electron chi connectivity index (χ2n) is 3.55. The van der Waals surface area contributed by atoms with Gasteiger partial charge in [0, 0.05) is 10.3 Å². The molecule has 0 aliphatic carbocycles. The van der Waals surface area contributed by atoms with Crippen molar-refractivity contribution in [2.24, 2.45) is 0 Å². The lowest BCUT2D eigenvalue weighted by Crippen LogP contribution is -2.03. The first kappa shape index (κ1) is 12.9. The van der Waals surface area contributed by atoms with Crippen molar-refractivity contribution in [3.8, 4) is 0 Å². The molecule has 2 aromatic rings. The van der Waals surface area contributed by atoms with Crippen LogP contribution in [-0.4, -0.2) is 26.3 Å². The summed E-state index contributed by atoms with van der Waals surface area (Å²) in [6.45, 7) is 0. The van der Waals surface area contributed by atoms with Crippen LogP contribution in [0.1, 0.15) is 17.2 Å². The van der Waals surface area contributed by atoms with E-state index in [4.69, 9.17) is 16.7 Å². The van der Waals surface area contributed by atoms with Gasteiger partial charge in [-0.3, -0.25) is 9.89 Å². The van der Waals surface area contributed by atoms with Crippen LogP contribution >= 0.6 is 23.4 Å². The molecule has 0 bridgehead atoms. The van der Waals surface area contributed by atoms with E-state index in [1.165, 1.54) is 18.1 Å². The minimum atomic E-state index is -0.859. The van der Waals surface area contributed by atoms with Crippen LogP contribution < -0.4 is 0 Å². The summed E-state index contributed by atoms with van der Waals surface area (Å²) in [4.78, 5) is 14.9. The Morgan fingerprint density at radius 2 is 2.17 bits per heavy atom. The lowest BCUT2D eigenvalue weighted by molar-refractivity contribution is -0.137. The number of aromatic nitrogens is 3. The number of thioether (sulfide) groups is 1. The van der Waals surface area contributed by atoms with Gasteiger partial charge >= 0.3 is 5.97 Å². The quantitative estimate of drug-likeness (QED) is 0.825. The van der Waals surface area contributed by atoms with Gasteiger partial charge in [0.1, 0.15) is 6.33 Å². The zero-order chi connectivity index (χ0) is 13.0. The Morgan fingerprint density at radius 3 is 2.72 bits per heavy atom. The first-order valence-electron chi connectivity index (χ1n) is 5.14. The maximum atomic E-state index is 10.9. The predicted octanol–water partition coefficient (Wildman–Crippen LogP) is 2.77. The summed E-state index contributed by atoms with van der Waals surface area (Å²) in [7, 11) is 0. The number of rotatable bonds is 5. The number of carboxylic acids is 1. The topological polar surface area (TPSA) is 78.9 Å². The van der Waals surface area contributed by atoms with E-state index in [1.807, 2.05) is 12.1 Å². The second-order valence-corrected chi connectivity index (χ2v) is 5.17. The molecule has 0 radical (unpaired) electrons. The summed E-state index contributed by atoms with van der Waals surface area (Å²) in [6.07, 6.45) is 1.40. The van der Waals surface area contributed by atoms with E-state index in [1.54, 1.807) is 12.1 Å². The molecule has 0 spiro atoms. The Bertz CT molecular complexity index is 516. The number of hydrogen-bond acceptors (Lipinski definition) is 4. The lowest BCUT2D eigenvalue weighted by Gasteiger charge is -2.13. The lowest BCUT2D eigenvalue weighted by atomic mass is 10.1. The highest BCUT2D eigenvalue weighted by Gasteiger charge is 2.18. The fourth-order valence-corrected chi connectivity index (χ4v) is 2.58. The highest BCUT2D eigenvalue weighted by atomic mass is 35.5. The molecule has 0 unspecified atom stereocenters. The summed E-state index contributed by atoms with van der Waals surface area (Å²) in [5.41, 5.74) is 0.892. The average molecular weight is 284 g/mol. The van der Waals surface area contributed by atoms with Gasteiger partial charge in [0.25, 0.3) is 0 Å². The van der Waals surface area contributed by atoms with E-state index in [2.05, 4.69) is 15.2 Å². The van der Waals surface area contributed by atoms with Crippen molar-refractivity contribution in [2.75, 3.05) is 0 Å². The summed E-state index contributed by atoms with van der Waals surface area (Å²) in [5.74, 6) is -0.859. The van der Waals surface area contributed by atoms with Crippen LogP contribution in [0.15, 0.2) is 35.7 Å². The van der Waals surface area contributed by atoms with Gasteiger partial charge in [-0.05, 0) is 17.7 Å². The first-order chi connectivity index (χ1) is 8.65. The standard InChI is InChI=1S/C11H10ClN3O2S/c12-8-3-1-7(2-4-8)9(5-10(16)17)18-11-13-6-14-15-11/h1-4,6,9H,5H2,(H,16,17)(H,13,14,15)/t9-/m1/s1. The van der Waals surface area contributed by atoms with E-state index in [0.29, 0.717) is 10.2 Å². The molecule has 0 amide bonds. The molecule has 1 aromatic heterocycles. The highest BCUT2D eigenvalue weighted by Crippen LogP contribution is 2.36. The number of halogens is 1. The van der Waals surface area contributed by atoms with E-state index in [0.717, 1.165) is 5.56 Å². The molecular formula is C11H10ClN3O2S. The average Bonchev–Trinajstić information content (AvgIpc) is 2.81. The number of aliphatic carboxylic acids is 1. The normalized spacial score (nSPS) is 12.3. The van der Waals surface area contributed by atoms with E-state index >= 15 is 0 Å². The first-order valence-corrected chi connectivity index (χ1v) is 6.40.